The van der Waals surface area contributed by atoms with Gasteiger partial charge in [0.2, 0.25) is 5.43 Å². The average molecular weight is 256 g/mol. The summed E-state index contributed by atoms with van der Waals surface area (Å²) < 4.78 is 5.51. The summed E-state index contributed by atoms with van der Waals surface area (Å²) in [5, 5.41) is 11.2. The Kier molecular flexibility index (Phi) is 2.25. The van der Waals surface area contributed by atoms with Gasteiger partial charge in [0.15, 0.2) is 0 Å². The lowest BCUT2D eigenvalue weighted by Gasteiger charge is -2.02. The number of nitrogens with zero attached hydrogens (tertiary/aromatic N) is 1. The summed E-state index contributed by atoms with van der Waals surface area (Å²) in [5.74, 6) is 0. The summed E-state index contributed by atoms with van der Waals surface area (Å²) in [6, 6.07) is 8.86. The van der Waals surface area contributed by atoms with E-state index in [2.05, 4.69) is 0 Å². The summed E-state index contributed by atoms with van der Waals surface area (Å²) in [5.41, 5.74) is 5.89. The SMILES string of the molecule is Nc1ccc2c(=O)c3c([N+](=O)[O-])cccc3oc2c1. The molecule has 0 atom stereocenters. The van der Waals surface area contributed by atoms with E-state index in [0.29, 0.717) is 11.3 Å². The van der Waals surface area contributed by atoms with Crippen LogP contribution >= 0.6 is 0 Å². The second-order valence-electron chi connectivity index (χ2n) is 4.09. The molecule has 2 N–H and O–H groups in total. The summed E-state index contributed by atoms with van der Waals surface area (Å²) in [7, 11) is 0. The lowest BCUT2D eigenvalue weighted by molar-refractivity contribution is -0.383. The van der Waals surface area contributed by atoms with Gasteiger partial charge in [-0.05, 0) is 18.2 Å². The highest BCUT2D eigenvalue weighted by atomic mass is 16.6. The van der Waals surface area contributed by atoms with Crippen LogP contribution in [0.2, 0.25) is 0 Å². The molecular formula is C13H8N2O4. The van der Waals surface area contributed by atoms with Crippen LogP contribution in [0.1, 0.15) is 0 Å². The van der Waals surface area contributed by atoms with Gasteiger partial charge < -0.3 is 10.2 Å². The monoisotopic (exact) mass is 256 g/mol. The highest BCUT2D eigenvalue weighted by Gasteiger charge is 2.18. The number of fused-ring (bicyclic) bond motifs is 2. The Morgan fingerprint density at radius 1 is 1.16 bits per heavy atom. The van der Waals surface area contributed by atoms with Crippen LogP contribution in [0.15, 0.2) is 45.6 Å². The van der Waals surface area contributed by atoms with Gasteiger partial charge >= 0.3 is 0 Å². The van der Waals surface area contributed by atoms with Crippen LogP contribution in [0.4, 0.5) is 11.4 Å². The predicted octanol–water partition coefficient (Wildman–Crippen LogP) is 2.44. The van der Waals surface area contributed by atoms with E-state index in [-0.39, 0.29) is 22.0 Å². The number of non-ortho nitro benzene ring substituents is 1. The normalized spacial score (nSPS) is 10.9. The van der Waals surface area contributed by atoms with Gasteiger partial charge in [-0.15, -0.1) is 0 Å². The van der Waals surface area contributed by atoms with Crippen LogP contribution in [-0.2, 0) is 0 Å². The maximum absolute atomic E-state index is 12.3. The lowest BCUT2D eigenvalue weighted by Crippen LogP contribution is -2.05. The molecule has 0 unspecified atom stereocenters. The number of nitrogen functional groups attached to an aromatic ring is 1. The number of hydrogen-bond donors (Lipinski definition) is 1. The van der Waals surface area contributed by atoms with Crippen molar-refractivity contribution in [3.8, 4) is 0 Å². The highest BCUT2D eigenvalue weighted by molar-refractivity contribution is 5.95. The van der Waals surface area contributed by atoms with E-state index < -0.39 is 10.4 Å². The second kappa shape index (κ2) is 3.81. The third-order valence-electron chi connectivity index (χ3n) is 2.90. The minimum Gasteiger partial charge on any atom is -0.455 e. The number of hydrogen-bond acceptors (Lipinski definition) is 5. The Morgan fingerprint density at radius 3 is 2.68 bits per heavy atom. The first-order chi connectivity index (χ1) is 9.08. The molecule has 0 bridgehead atoms. The van der Waals surface area contributed by atoms with Crippen LogP contribution in [0.5, 0.6) is 0 Å². The van der Waals surface area contributed by atoms with Crippen LogP contribution in [0.3, 0.4) is 0 Å². The summed E-state index contributed by atoms with van der Waals surface area (Å²) in [4.78, 5) is 22.7. The van der Waals surface area contributed by atoms with Gasteiger partial charge in [-0.2, -0.15) is 0 Å². The van der Waals surface area contributed by atoms with E-state index in [9.17, 15) is 14.9 Å². The van der Waals surface area contributed by atoms with E-state index in [4.69, 9.17) is 10.2 Å². The number of anilines is 1. The molecule has 2 aromatic carbocycles. The first-order valence-corrected chi connectivity index (χ1v) is 5.47. The smallest absolute Gasteiger partial charge is 0.284 e. The second-order valence-corrected chi connectivity index (χ2v) is 4.09. The number of rotatable bonds is 1. The van der Waals surface area contributed by atoms with Crippen LogP contribution in [0, 0.1) is 10.1 Å². The fourth-order valence-corrected chi connectivity index (χ4v) is 2.05. The van der Waals surface area contributed by atoms with Gasteiger partial charge in [0, 0.05) is 17.8 Å². The Labute approximate surface area is 106 Å². The highest BCUT2D eigenvalue weighted by Crippen LogP contribution is 2.26. The average Bonchev–Trinajstić information content (AvgIpc) is 2.37. The van der Waals surface area contributed by atoms with Crippen molar-refractivity contribution in [1.82, 2.24) is 0 Å². The Morgan fingerprint density at radius 2 is 1.95 bits per heavy atom. The van der Waals surface area contributed by atoms with Gasteiger partial charge in [0.05, 0.1) is 10.3 Å². The topological polar surface area (TPSA) is 99.4 Å². The van der Waals surface area contributed by atoms with E-state index in [0.717, 1.165) is 0 Å². The Bertz CT molecular complexity index is 883. The number of nitro groups is 1. The van der Waals surface area contributed by atoms with Gasteiger partial charge in [0.25, 0.3) is 5.69 Å². The third-order valence-corrected chi connectivity index (χ3v) is 2.90. The molecule has 0 saturated heterocycles. The van der Waals surface area contributed by atoms with Crippen molar-refractivity contribution in [3.63, 3.8) is 0 Å². The maximum atomic E-state index is 12.3. The maximum Gasteiger partial charge on any atom is 0.284 e. The fraction of sp³-hybridized carbons (Fsp3) is 0. The third kappa shape index (κ3) is 1.61. The zero-order valence-electron chi connectivity index (χ0n) is 9.62. The van der Waals surface area contributed by atoms with Crippen molar-refractivity contribution in [2.75, 3.05) is 5.73 Å². The van der Waals surface area contributed by atoms with Gasteiger partial charge in [-0.3, -0.25) is 14.9 Å². The molecule has 3 aromatic rings. The molecule has 1 heterocycles. The van der Waals surface area contributed by atoms with Crippen molar-refractivity contribution in [2.24, 2.45) is 0 Å². The predicted molar refractivity (Wildman–Crippen MR) is 71.1 cm³/mol. The Hall–Kier alpha value is -2.89. The molecular weight excluding hydrogens is 248 g/mol. The molecule has 19 heavy (non-hydrogen) atoms. The van der Waals surface area contributed by atoms with E-state index in [1.165, 1.54) is 30.3 Å². The molecule has 0 fully saturated rings. The van der Waals surface area contributed by atoms with E-state index in [1.807, 2.05) is 0 Å². The van der Waals surface area contributed by atoms with Gasteiger partial charge in [0.1, 0.15) is 16.6 Å². The molecule has 6 heteroatoms. The van der Waals surface area contributed by atoms with Crippen molar-refractivity contribution in [1.29, 1.82) is 0 Å². The molecule has 6 nitrogen and oxygen atoms in total. The molecule has 0 aliphatic rings. The van der Waals surface area contributed by atoms with Gasteiger partial charge in [-0.25, -0.2) is 0 Å². The van der Waals surface area contributed by atoms with Gasteiger partial charge in [-0.1, -0.05) is 6.07 Å². The zero-order chi connectivity index (χ0) is 13.6. The molecule has 0 radical (unpaired) electrons. The molecule has 94 valence electrons. The molecule has 0 saturated carbocycles. The van der Waals surface area contributed by atoms with E-state index >= 15 is 0 Å². The van der Waals surface area contributed by atoms with Crippen LogP contribution < -0.4 is 11.2 Å². The molecule has 3 rings (SSSR count). The van der Waals surface area contributed by atoms with Crippen LogP contribution in [0.25, 0.3) is 21.9 Å². The first kappa shape index (κ1) is 11.2. The summed E-state index contributed by atoms with van der Waals surface area (Å²) in [6.07, 6.45) is 0. The fourth-order valence-electron chi connectivity index (χ4n) is 2.05. The van der Waals surface area contributed by atoms with Crippen molar-refractivity contribution in [3.05, 3.63) is 56.7 Å². The quantitative estimate of drug-likeness (QED) is 0.312. The number of nitrogens with two attached hydrogens (primary N) is 1. The van der Waals surface area contributed by atoms with Crippen LogP contribution in [-0.4, -0.2) is 4.92 Å². The summed E-state index contributed by atoms with van der Waals surface area (Å²) in [6.45, 7) is 0. The van der Waals surface area contributed by atoms with Crippen molar-refractivity contribution >= 4 is 33.3 Å². The Balaban J connectivity index is 2.58. The zero-order valence-corrected chi connectivity index (χ0v) is 9.62. The molecule has 1 aromatic heterocycles. The molecule has 0 amide bonds. The lowest BCUT2D eigenvalue weighted by atomic mass is 10.1. The minimum atomic E-state index is -0.595. The number of benzene rings is 2. The first-order valence-electron chi connectivity index (χ1n) is 5.47. The molecule has 0 aliphatic heterocycles. The number of nitro benzene ring substituents is 1. The summed E-state index contributed by atoms with van der Waals surface area (Å²) >= 11 is 0. The standard InChI is InChI=1S/C13H8N2O4/c14-7-4-5-8-11(6-7)19-10-3-1-2-9(15(17)18)12(10)13(8)16/h1-6H,14H2. The minimum absolute atomic E-state index is 0.0234. The van der Waals surface area contributed by atoms with Crippen molar-refractivity contribution < 1.29 is 9.34 Å². The van der Waals surface area contributed by atoms with E-state index in [1.54, 1.807) is 6.07 Å². The van der Waals surface area contributed by atoms with Crippen molar-refractivity contribution in [2.45, 2.75) is 0 Å². The molecule has 0 aliphatic carbocycles. The molecule has 0 spiro atoms. The largest absolute Gasteiger partial charge is 0.455 e.